The SMILES string of the molecule is [CH2]C(=O)c1ccc(OC(F)(F)F)cc1. The van der Waals surface area contributed by atoms with E-state index in [-0.39, 0.29) is 11.3 Å². The smallest absolute Gasteiger partial charge is 0.406 e. The van der Waals surface area contributed by atoms with E-state index < -0.39 is 12.1 Å². The normalized spacial score (nSPS) is 11.1. The highest BCUT2D eigenvalue weighted by Gasteiger charge is 2.30. The van der Waals surface area contributed by atoms with Crippen LogP contribution in [0.2, 0.25) is 0 Å². The number of rotatable bonds is 2. The summed E-state index contributed by atoms with van der Waals surface area (Å²) in [6.07, 6.45) is -4.71. The number of halogens is 3. The van der Waals surface area contributed by atoms with Crippen molar-refractivity contribution < 1.29 is 22.7 Å². The Labute approximate surface area is 78.3 Å². The first-order chi connectivity index (χ1) is 6.38. The third kappa shape index (κ3) is 3.08. The second-order valence-electron chi connectivity index (χ2n) is 2.50. The first kappa shape index (κ1) is 10.6. The lowest BCUT2D eigenvalue weighted by Crippen LogP contribution is -2.17. The Kier molecular flexibility index (Phi) is 2.78. The van der Waals surface area contributed by atoms with E-state index in [0.717, 1.165) is 12.1 Å². The molecule has 0 atom stereocenters. The van der Waals surface area contributed by atoms with Gasteiger partial charge in [-0.25, -0.2) is 0 Å². The Bertz CT molecular complexity index is 327. The highest BCUT2D eigenvalue weighted by molar-refractivity contribution is 5.99. The van der Waals surface area contributed by atoms with E-state index in [4.69, 9.17) is 0 Å². The molecule has 14 heavy (non-hydrogen) atoms. The Morgan fingerprint density at radius 3 is 2.07 bits per heavy atom. The molecule has 0 saturated heterocycles. The highest BCUT2D eigenvalue weighted by Crippen LogP contribution is 2.22. The van der Waals surface area contributed by atoms with E-state index in [1.807, 2.05) is 0 Å². The summed E-state index contributed by atoms with van der Waals surface area (Å²) in [6.45, 7) is 3.11. The predicted molar refractivity (Wildman–Crippen MR) is 42.8 cm³/mol. The molecule has 0 fully saturated rings. The summed E-state index contributed by atoms with van der Waals surface area (Å²) in [7, 11) is 0. The lowest BCUT2D eigenvalue weighted by atomic mass is 10.1. The van der Waals surface area contributed by atoms with Crippen molar-refractivity contribution in [1.82, 2.24) is 0 Å². The van der Waals surface area contributed by atoms with Gasteiger partial charge in [0, 0.05) is 12.5 Å². The molecule has 0 aromatic heterocycles. The van der Waals surface area contributed by atoms with Gasteiger partial charge in [-0.1, -0.05) is 0 Å². The van der Waals surface area contributed by atoms with E-state index in [9.17, 15) is 18.0 Å². The molecule has 2 nitrogen and oxygen atoms in total. The van der Waals surface area contributed by atoms with Crippen molar-refractivity contribution in [3.05, 3.63) is 36.8 Å². The average molecular weight is 203 g/mol. The van der Waals surface area contributed by atoms with Crippen LogP contribution in [0.3, 0.4) is 0 Å². The molecule has 0 N–H and O–H groups in total. The van der Waals surface area contributed by atoms with Crippen molar-refractivity contribution >= 4 is 5.78 Å². The van der Waals surface area contributed by atoms with Crippen LogP contribution in [0, 0.1) is 6.92 Å². The third-order valence-electron chi connectivity index (χ3n) is 1.41. The van der Waals surface area contributed by atoms with Gasteiger partial charge in [0.15, 0.2) is 5.78 Å². The number of ketones is 1. The molecule has 0 unspecified atom stereocenters. The molecule has 0 spiro atoms. The van der Waals surface area contributed by atoms with E-state index in [2.05, 4.69) is 11.7 Å². The Hall–Kier alpha value is -1.52. The van der Waals surface area contributed by atoms with Crippen LogP contribution in [0.5, 0.6) is 5.75 Å². The fraction of sp³-hybridized carbons (Fsp3) is 0.111. The number of carbonyl (C=O) groups is 1. The number of hydrogen-bond acceptors (Lipinski definition) is 2. The van der Waals surface area contributed by atoms with Gasteiger partial charge in [0.1, 0.15) is 5.75 Å². The lowest BCUT2D eigenvalue weighted by molar-refractivity contribution is -0.274. The summed E-state index contributed by atoms with van der Waals surface area (Å²) in [6, 6.07) is 4.56. The number of ether oxygens (including phenoxy) is 1. The van der Waals surface area contributed by atoms with Crippen molar-refractivity contribution in [3.63, 3.8) is 0 Å². The molecule has 0 saturated carbocycles. The summed E-state index contributed by atoms with van der Waals surface area (Å²) in [5.74, 6) is -0.814. The first-order valence-electron chi connectivity index (χ1n) is 3.60. The molecule has 0 amide bonds. The highest BCUT2D eigenvalue weighted by atomic mass is 19.4. The summed E-state index contributed by atoms with van der Waals surface area (Å²) in [4.78, 5) is 10.7. The number of hydrogen-bond donors (Lipinski definition) is 0. The maximum absolute atomic E-state index is 11.7. The lowest BCUT2D eigenvalue weighted by Gasteiger charge is -2.08. The first-order valence-corrected chi connectivity index (χ1v) is 3.60. The van der Waals surface area contributed by atoms with Gasteiger partial charge in [0.2, 0.25) is 0 Å². The monoisotopic (exact) mass is 203 g/mol. The molecule has 1 aromatic rings. The van der Waals surface area contributed by atoms with Crippen LogP contribution in [0.25, 0.3) is 0 Å². The van der Waals surface area contributed by atoms with Gasteiger partial charge in [-0.15, -0.1) is 13.2 Å². The van der Waals surface area contributed by atoms with E-state index in [1.54, 1.807) is 0 Å². The summed E-state index contributed by atoms with van der Waals surface area (Å²) >= 11 is 0. The second kappa shape index (κ2) is 3.69. The summed E-state index contributed by atoms with van der Waals surface area (Å²) in [5.41, 5.74) is 0.236. The molecule has 0 aliphatic carbocycles. The molecule has 0 heterocycles. The van der Waals surface area contributed by atoms with Crippen LogP contribution in [0.4, 0.5) is 13.2 Å². The van der Waals surface area contributed by atoms with Gasteiger partial charge in [-0.2, -0.15) is 0 Å². The fourth-order valence-electron chi connectivity index (χ4n) is 0.843. The van der Waals surface area contributed by atoms with Crippen molar-refractivity contribution in [2.24, 2.45) is 0 Å². The molecule has 75 valence electrons. The molecule has 0 bridgehead atoms. The van der Waals surface area contributed by atoms with Crippen LogP contribution in [-0.2, 0) is 0 Å². The average Bonchev–Trinajstić information content (AvgIpc) is 2.02. The number of carbonyl (C=O) groups excluding carboxylic acids is 1. The molecular formula is C9H6F3O2. The van der Waals surface area contributed by atoms with Crippen molar-refractivity contribution in [2.75, 3.05) is 0 Å². The van der Waals surface area contributed by atoms with E-state index >= 15 is 0 Å². The minimum atomic E-state index is -4.71. The zero-order valence-corrected chi connectivity index (χ0v) is 6.97. The van der Waals surface area contributed by atoms with Crippen LogP contribution in [0.1, 0.15) is 10.4 Å². The Morgan fingerprint density at radius 2 is 1.71 bits per heavy atom. The minimum Gasteiger partial charge on any atom is -0.406 e. The van der Waals surface area contributed by atoms with E-state index in [0.29, 0.717) is 0 Å². The second-order valence-corrected chi connectivity index (χ2v) is 2.50. The Morgan fingerprint density at radius 1 is 1.21 bits per heavy atom. The maximum atomic E-state index is 11.7. The molecule has 0 aliphatic rings. The van der Waals surface area contributed by atoms with Crippen molar-refractivity contribution in [3.8, 4) is 5.75 Å². The zero-order valence-electron chi connectivity index (χ0n) is 6.97. The van der Waals surface area contributed by atoms with E-state index in [1.165, 1.54) is 12.1 Å². The predicted octanol–water partition coefficient (Wildman–Crippen LogP) is 2.60. The largest absolute Gasteiger partial charge is 0.573 e. The quantitative estimate of drug-likeness (QED) is 0.690. The fourth-order valence-corrected chi connectivity index (χ4v) is 0.843. The molecule has 1 radical (unpaired) electrons. The van der Waals surface area contributed by atoms with Crippen LogP contribution >= 0.6 is 0 Å². The summed E-state index contributed by atoms with van der Waals surface area (Å²) < 4.78 is 38.7. The molecule has 5 heteroatoms. The minimum absolute atomic E-state index is 0.236. The van der Waals surface area contributed by atoms with Crippen molar-refractivity contribution in [2.45, 2.75) is 6.36 Å². The molecule has 0 aliphatic heterocycles. The number of alkyl halides is 3. The molecule has 1 rings (SSSR count). The topological polar surface area (TPSA) is 26.3 Å². The molecular weight excluding hydrogens is 197 g/mol. The van der Waals surface area contributed by atoms with Gasteiger partial charge in [0.05, 0.1) is 0 Å². The van der Waals surface area contributed by atoms with Crippen molar-refractivity contribution in [1.29, 1.82) is 0 Å². The summed E-state index contributed by atoms with van der Waals surface area (Å²) in [5, 5.41) is 0. The Balaban J connectivity index is 2.79. The van der Waals surface area contributed by atoms with Crippen LogP contribution in [-0.4, -0.2) is 12.1 Å². The number of Topliss-reactive ketones (excluding diaryl/α,β-unsaturated/α-hetero) is 1. The van der Waals surface area contributed by atoms with Crippen LogP contribution in [0.15, 0.2) is 24.3 Å². The zero-order chi connectivity index (χ0) is 10.8. The maximum Gasteiger partial charge on any atom is 0.573 e. The third-order valence-corrected chi connectivity index (χ3v) is 1.41. The van der Waals surface area contributed by atoms with Gasteiger partial charge in [-0.3, -0.25) is 4.79 Å². The van der Waals surface area contributed by atoms with Gasteiger partial charge in [-0.05, 0) is 24.3 Å². The number of benzene rings is 1. The standard InChI is InChI=1S/C9H6F3O2/c1-6(13)7-2-4-8(5-3-7)14-9(10,11)12/h2-5H,1H2. The van der Waals surface area contributed by atoms with Crippen LogP contribution < -0.4 is 4.74 Å². The van der Waals surface area contributed by atoms with Gasteiger partial charge < -0.3 is 4.74 Å². The van der Waals surface area contributed by atoms with Gasteiger partial charge in [0.25, 0.3) is 0 Å². The van der Waals surface area contributed by atoms with Gasteiger partial charge >= 0.3 is 6.36 Å². The molecule has 1 aromatic carbocycles.